The molecule has 6 nitrogen and oxygen atoms in total. The highest BCUT2D eigenvalue weighted by atomic mass is 35.5. The first kappa shape index (κ1) is 25.6. The Morgan fingerprint density at radius 3 is 2.15 bits per heavy atom. The summed E-state index contributed by atoms with van der Waals surface area (Å²) >= 11 is 6.08. The second kappa shape index (κ2) is 10.9. The standard InChI is InChI=1S/C26H29ClN2O4S/c1-18-5-10-23(11-6-18)33-17-21(4)28-26(30)16-29(25-14-9-22(27)15-20(25)3)34(31,32)24-12-7-19(2)8-13-24/h5-15,21H,16-17H2,1-4H3,(H,28,30). The van der Waals surface area contributed by atoms with Crippen LogP contribution >= 0.6 is 11.6 Å². The highest BCUT2D eigenvalue weighted by Gasteiger charge is 2.28. The van der Waals surface area contributed by atoms with Crippen molar-refractivity contribution in [2.75, 3.05) is 17.5 Å². The molecule has 0 aliphatic rings. The number of benzene rings is 3. The van der Waals surface area contributed by atoms with E-state index in [1.807, 2.05) is 38.1 Å². The molecule has 3 rings (SSSR count). The van der Waals surface area contributed by atoms with Crippen molar-refractivity contribution in [1.82, 2.24) is 5.32 Å². The van der Waals surface area contributed by atoms with E-state index in [9.17, 15) is 13.2 Å². The molecule has 0 saturated carbocycles. The van der Waals surface area contributed by atoms with Crippen LogP contribution in [0.2, 0.25) is 5.02 Å². The van der Waals surface area contributed by atoms with E-state index in [2.05, 4.69) is 5.32 Å². The Morgan fingerprint density at radius 2 is 1.56 bits per heavy atom. The number of carbonyl (C=O) groups is 1. The second-order valence-corrected chi connectivity index (χ2v) is 10.6. The largest absolute Gasteiger partial charge is 0.491 e. The molecule has 1 unspecified atom stereocenters. The number of carbonyl (C=O) groups excluding carboxylic acids is 1. The second-order valence-electron chi connectivity index (χ2n) is 8.35. The van der Waals surface area contributed by atoms with Gasteiger partial charge in [0.05, 0.1) is 16.6 Å². The lowest BCUT2D eigenvalue weighted by molar-refractivity contribution is -0.120. The number of hydrogen-bond donors (Lipinski definition) is 1. The number of amides is 1. The fourth-order valence-corrected chi connectivity index (χ4v) is 5.10. The molecule has 0 spiro atoms. The first-order valence-corrected chi connectivity index (χ1v) is 12.7. The van der Waals surface area contributed by atoms with E-state index in [-0.39, 0.29) is 24.1 Å². The first-order valence-electron chi connectivity index (χ1n) is 10.9. The van der Waals surface area contributed by atoms with Crippen molar-refractivity contribution in [1.29, 1.82) is 0 Å². The zero-order valence-electron chi connectivity index (χ0n) is 19.7. The Morgan fingerprint density at radius 1 is 0.971 bits per heavy atom. The maximum absolute atomic E-state index is 13.5. The molecule has 1 atom stereocenters. The van der Waals surface area contributed by atoms with E-state index in [4.69, 9.17) is 16.3 Å². The number of halogens is 1. The molecule has 1 N–H and O–H groups in total. The summed E-state index contributed by atoms with van der Waals surface area (Å²) < 4.78 is 33.9. The van der Waals surface area contributed by atoms with E-state index in [0.29, 0.717) is 22.0 Å². The van der Waals surface area contributed by atoms with E-state index in [1.165, 1.54) is 0 Å². The van der Waals surface area contributed by atoms with Crippen molar-refractivity contribution in [3.8, 4) is 5.75 Å². The quantitative estimate of drug-likeness (QED) is 0.446. The van der Waals surface area contributed by atoms with Gasteiger partial charge in [0.2, 0.25) is 5.91 Å². The van der Waals surface area contributed by atoms with Crippen molar-refractivity contribution in [2.45, 2.75) is 38.6 Å². The van der Waals surface area contributed by atoms with Crippen LogP contribution in [0, 0.1) is 20.8 Å². The number of aryl methyl sites for hydroxylation is 3. The summed E-state index contributed by atoms with van der Waals surface area (Å²) in [5.74, 6) is 0.261. The van der Waals surface area contributed by atoms with Crippen molar-refractivity contribution < 1.29 is 17.9 Å². The van der Waals surface area contributed by atoms with Crippen molar-refractivity contribution in [3.63, 3.8) is 0 Å². The molecule has 0 aliphatic heterocycles. The van der Waals surface area contributed by atoms with Crippen LogP contribution in [0.4, 0.5) is 5.69 Å². The van der Waals surface area contributed by atoms with Crippen LogP contribution in [0.15, 0.2) is 71.6 Å². The lowest BCUT2D eigenvalue weighted by Crippen LogP contribution is -2.45. The summed E-state index contributed by atoms with van der Waals surface area (Å²) in [4.78, 5) is 13.0. The van der Waals surface area contributed by atoms with Crippen LogP contribution in [-0.2, 0) is 14.8 Å². The maximum atomic E-state index is 13.5. The Bertz CT molecular complexity index is 1240. The average Bonchev–Trinajstić information content (AvgIpc) is 2.78. The van der Waals surface area contributed by atoms with Crippen LogP contribution in [0.25, 0.3) is 0 Å². The summed E-state index contributed by atoms with van der Waals surface area (Å²) in [5, 5.41) is 3.32. The molecule has 0 saturated heterocycles. The summed E-state index contributed by atoms with van der Waals surface area (Å²) in [5.41, 5.74) is 3.10. The number of nitrogens with zero attached hydrogens (tertiary/aromatic N) is 1. The zero-order valence-corrected chi connectivity index (χ0v) is 21.3. The summed E-state index contributed by atoms with van der Waals surface area (Å²) in [6.45, 7) is 7.30. The van der Waals surface area contributed by atoms with E-state index < -0.39 is 15.9 Å². The molecule has 0 heterocycles. The zero-order chi connectivity index (χ0) is 24.9. The maximum Gasteiger partial charge on any atom is 0.264 e. The summed E-state index contributed by atoms with van der Waals surface area (Å²) in [7, 11) is -4.00. The molecule has 0 fully saturated rings. The fourth-order valence-electron chi connectivity index (χ4n) is 3.38. The van der Waals surface area contributed by atoms with Crippen LogP contribution in [0.5, 0.6) is 5.75 Å². The molecule has 34 heavy (non-hydrogen) atoms. The van der Waals surface area contributed by atoms with Gasteiger partial charge >= 0.3 is 0 Å². The minimum atomic E-state index is -4.00. The molecular weight excluding hydrogens is 472 g/mol. The number of sulfonamides is 1. The summed E-state index contributed by atoms with van der Waals surface area (Å²) in [6, 6.07) is 18.7. The van der Waals surface area contributed by atoms with Gasteiger partial charge in [-0.05, 0) is 75.7 Å². The van der Waals surface area contributed by atoms with E-state index >= 15 is 0 Å². The topological polar surface area (TPSA) is 75.7 Å². The Balaban J connectivity index is 1.78. The number of hydrogen-bond acceptors (Lipinski definition) is 4. The van der Waals surface area contributed by atoms with Crippen molar-refractivity contribution >= 4 is 33.2 Å². The minimum absolute atomic E-state index is 0.107. The third-order valence-electron chi connectivity index (χ3n) is 5.25. The molecule has 180 valence electrons. The van der Waals surface area contributed by atoms with Gasteiger partial charge in [0.15, 0.2) is 0 Å². The molecule has 0 aromatic heterocycles. The number of ether oxygens (including phenoxy) is 1. The first-order chi connectivity index (χ1) is 16.1. The van der Waals surface area contributed by atoms with Crippen LogP contribution in [0.1, 0.15) is 23.6 Å². The molecule has 0 bridgehead atoms. The van der Waals surface area contributed by atoms with Crippen LogP contribution in [0.3, 0.4) is 0 Å². The number of rotatable bonds is 9. The highest BCUT2D eigenvalue weighted by molar-refractivity contribution is 7.92. The average molecular weight is 501 g/mol. The normalized spacial score (nSPS) is 12.1. The Hall–Kier alpha value is -3.03. The molecule has 0 aliphatic carbocycles. The van der Waals surface area contributed by atoms with Gasteiger partial charge < -0.3 is 10.1 Å². The van der Waals surface area contributed by atoms with Gasteiger partial charge in [-0.2, -0.15) is 0 Å². The molecule has 3 aromatic carbocycles. The fraction of sp³-hybridized carbons (Fsp3) is 0.269. The van der Waals surface area contributed by atoms with Crippen LogP contribution in [-0.4, -0.2) is 33.5 Å². The lowest BCUT2D eigenvalue weighted by Gasteiger charge is -2.26. The van der Waals surface area contributed by atoms with Crippen LogP contribution < -0.4 is 14.4 Å². The smallest absolute Gasteiger partial charge is 0.264 e. The molecule has 8 heteroatoms. The monoisotopic (exact) mass is 500 g/mol. The Labute approximate surface area is 206 Å². The van der Waals surface area contributed by atoms with Gasteiger partial charge in [0.25, 0.3) is 10.0 Å². The van der Waals surface area contributed by atoms with E-state index in [1.54, 1.807) is 56.3 Å². The Kier molecular flexibility index (Phi) is 8.23. The van der Waals surface area contributed by atoms with E-state index in [0.717, 1.165) is 15.4 Å². The van der Waals surface area contributed by atoms with Gasteiger partial charge in [-0.25, -0.2) is 8.42 Å². The third-order valence-corrected chi connectivity index (χ3v) is 7.26. The van der Waals surface area contributed by atoms with Crippen molar-refractivity contribution in [3.05, 3.63) is 88.4 Å². The molecule has 3 aromatic rings. The van der Waals surface area contributed by atoms with Gasteiger partial charge in [-0.1, -0.05) is 47.0 Å². The molecule has 1 amide bonds. The minimum Gasteiger partial charge on any atom is -0.491 e. The predicted octanol–water partition coefficient (Wildman–Crippen LogP) is 5.04. The van der Waals surface area contributed by atoms with Crippen molar-refractivity contribution in [2.24, 2.45) is 0 Å². The predicted molar refractivity (Wildman–Crippen MR) is 136 cm³/mol. The number of nitrogens with one attached hydrogen (secondary N) is 1. The SMILES string of the molecule is Cc1ccc(OCC(C)NC(=O)CN(c2ccc(Cl)cc2C)S(=O)(=O)c2ccc(C)cc2)cc1. The van der Waals surface area contributed by atoms with Gasteiger partial charge in [0, 0.05) is 5.02 Å². The number of anilines is 1. The molecule has 0 radical (unpaired) electrons. The third kappa shape index (κ3) is 6.52. The highest BCUT2D eigenvalue weighted by Crippen LogP contribution is 2.29. The molecular formula is C26H29ClN2O4S. The van der Waals surface area contributed by atoms with Gasteiger partial charge in [-0.15, -0.1) is 0 Å². The van der Waals surface area contributed by atoms with Gasteiger partial charge in [-0.3, -0.25) is 9.10 Å². The lowest BCUT2D eigenvalue weighted by atomic mass is 10.2. The summed E-state index contributed by atoms with van der Waals surface area (Å²) in [6.07, 6.45) is 0. The van der Waals surface area contributed by atoms with Gasteiger partial charge in [0.1, 0.15) is 18.9 Å².